The molecule has 0 fully saturated rings. The molecular formula is C19H20N2O4S2. The monoisotopic (exact) mass is 404 g/mol. The van der Waals surface area contributed by atoms with Gasteiger partial charge in [-0.2, -0.15) is 0 Å². The van der Waals surface area contributed by atoms with Gasteiger partial charge in [-0.3, -0.25) is 14.2 Å². The van der Waals surface area contributed by atoms with Crippen molar-refractivity contribution in [3.05, 3.63) is 43.2 Å². The van der Waals surface area contributed by atoms with E-state index in [4.69, 9.17) is 17.0 Å². The summed E-state index contributed by atoms with van der Waals surface area (Å²) >= 11 is 6.54. The summed E-state index contributed by atoms with van der Waals surface area (Å²) in [7, 11) is 0. The maximum Gasteiger partial charge on any atom is 0.305 e. The number of esters is 1. The Hall–Kier alpha value is -2.32. The average Bonchev–Trinajstić information content (AvgIpc) is 3.09. The number of fused-ring (bicyclic) bond motifs is 1. The van der Waals surface area contributed by atoms with Gasteiger partial charge in [-0.15, -0.1) is 11.3 Å². The number of aryl methyl sites for hydroxylation is 1. The lowest BCUT2D eigenvalue weighted by molar-refractivity contribution is -0.143. The van der Waals surface area contributed by atoms with Crippen LogP contribution in [0.25, 0.3) is 5.57 Å². The van der Waals surface area contributed by atoms with Crippen molar-refractivity contribution in [2.45, 2.75) is 39.7 Å². The summed E-state index contributed by atoms with van der Waals surface area (Å²) in [5, 5.41) is 12.0. The summed E-state index contributed by atoms with van der Waals surface area (Å²) in [6.07, 6.45) is 1.52. The highest BCUT2D eigenvalue weighted by Gasteiger charge is 2.25. The summed E-state index contributed by atoms with van der Waals surface area (Å²) in [5.41, 5.74) is 1.38. The molecule has 1 aliphatic heterocycles. The molecular weight excluding hydrogens is 384 g/mol. The lowest BCUT2D eigenvalue weighted by Crippen LogP contribution is -2.23. The third-order valence-electron chi connectivity index (χ3n) is 4.18. The highest BCUT2D eigenvalue weighted by atomic mass is 32.1. The van der Waals surface area contributed by atoms with Crippen molar-refractivity contribution >= 4 is 41.0 Å². The van der Waals surface area contributed by atoms with Crippen LogP contribution in [0.2, 0.25) is 0 Å². The zero-order chi connectivity index (χ0) is 19.6. The van der Waals surface area contributed by atoms with Gasteiger partial charge in [-0.1, -0.05) is 18.6 Å². The zero-order valence-electron chi connectivity index (χ0n) is 15.2. The third kappa shape index (κ3) is 4.01. The second-order valence-corrected chi connectivity index (χ2v) is 7.95. The fourth-order valence-corrected chi connectivity index (χ4v) is 4.27. The van der Waals surface area contributed by atoms with Crippen LogP contribution in [-0.4, -0.2) is 28.2 Å². The van der Waals surface area contributed by atoms with E-state index in [1.807, 2.05) is 26.0 Å². The smallest absolute Gasteiger partial charge is 0.305 e. The molecule has 1 N–H and O–H groups in total. The van der Waals surface area contributed by atoms with Crippen LogP contribution < -0.4 is 10.6 Å². The number of thiazole rings is 1. The van der Waals surface area contributed by atoms with Gasteiger partial charge in [-0.25, -0.2) is 4.99 Å². The molecule has 0 saturated heterocycles. The van der Waals surface area contributed by atoms with E-state index >= 15 is 0 Å². The molecule has 27 heavy (non-hydrogen) atoms. The van der Waals surface area contributed by atoms with Crippen LogP contribution >= 0.6 is 23.6 Å². The molecule has 6 nitrogen and oxygen atoms in total. The number of aromatic hydroxyl groups is 1. The van der Waals surface area contributed by atoms with Crippen molar-refractivity contribution in [2.75, 3.05) is 6.61 Å². The molecule has 0 radical (unpaired) electrons. The van der Waals surface area contributed by atoms with E-state index in [0.717, 1.165) is 12.0 Å². The minimum absolute atomic E-state index is 0.0557. The summed E-state index contributed by atoms with van der Waals surface area (Å²) < 4.78 is 7.05. The molecule has 1 amide bonds. The number of rotatable bonds is 7. The number of amides is 1. The second kappa shape index (κ2) is 8.14. The van der Waals surface area contributed by atoms with Crippen LogP contribution in [-0.2, 0) is 20.9 Å². The molecule has 0 spiro atoms. The highest BCUT2D eigenvalue weighted by Crippen LogP contribution is 2.32. The Morgan fingerprint density at radius 3 is 2.93 bits per heavy atom. The average molecular weight is 405 g/mol. The molecule has 2 aromatic rings. The number of ether oxygens (including phenoxy) is 1. The molecule has 0 aliphatic carbocycles. The Labute approximate surface area is 165 Å². The van der Waals surface area contributed by atoms with Gasteiger partial charge in [0.25, 0.3) is 5.91 Å². The minimum atomic E-state index is -0.377. The number of nitrogens with zero attached hydrogens (tertiary/aromatic N) is 2. The van der Waals surface area contributed by atoms with Gasteiger partial charge < -0.3 is 9.84 Å². The van der Waals surface area contributed by atoms with E-state index in [-0.39, 0.29) is 24.2 Å². The fourth-order valence-electron chi connectivity index (χ4n) is 2.87. The van der Waals surface area contributed by atoms with Gasteiger partial charge in [0.05, 0.1) is 17.5 Å². The Kier molecular flexibility index (Phi) is 5.86. The molecule has 0 unspecified atom stereocenters. The van der Waals surface area contributed by atoms with Crippen molar-refractivity contribution in [2.24, 2.45) is 4.99 Å². The standard InChI is InChI=1S/C19H20N2O4S2/c1-3-9-25-14(22)5-4-8-21-18(24)16(27-19(21)26)15-12-10-11(2)6-7-13(12)20-17(15)23/h6-7,10,24H,3-5,8-9H2,1-2H3. The molecule has 1 aromatic carbocycles. The van der Waals surface area contributed by atoms with E-state index in [9.17, 15) is 14.7 Å². The number of carbonyl (C=O) groups excluding carboxylic acids is 2. The summed E-state index contributed by atoms with van der Waals surface area (Å²) in [4.78, 5) is 28.5. The van der Waals surface area contributed by atoms with Gasteiger partial charge in [0.2, 0.25) is 5.88 Å². The summed E-state index contributed by atoms with van der Waals surface area (Å²) in [6.45, 7) is 4.66. The first-order chi connectivity index (χ1) is 12.9. The van der Waals surface area contributed by atoms with Gasteiger partial charge >= 0.3 is 5.97 Å². The van der Waals surface area contributed by atoms with Gasteiger partial charge in [0.1, 0.15) is 4.88 Å². The third-order valence-corrected chi connectivity index (χ3v) is 5.64. The second-order valence-electron chi connectivity index (χ2n) is 6.31. The predicted molar refractivity (Wildman–Crippen MR) is 105 cm³/mol. The highest BCUT2D eigenvalue weighted by molar-refractivity contribution is 7.73. The van der Waals surface area contributed by atoms with Crippen LogP contribution in [0.1, 0.15) is 36.6 Å². The topological polar surface area (TPSA) is 80.9 Å². The largest absolute Gasteiger partial charge is 0.493 e. The van der Waals surface area contributed by atoms with Crippen LogP contribution in [0.15, 0.2) is 23.2 Å². The normalized spacial score (nSPS) is 12.8. The summed E-state index contributed by atoms with van der Waals surface area (Å²) in [6, 6.07) is 5.57. The van der Waals surface area contributed by atoms with Crippen molar-refractivity contribution in [1.29, 1.82) is 0 Å². The maximum atomic E-state index is 12.4. The van der Waals surface area contributed by atoms with Gasteiger partial charge in [-0.05, 0) is 44.1 Å². The van der Waals surface area contributed by atoms with Crippen molar-refractivity contribution in [3.8, 4) is 5.88 Å². The number of hydrogen-bond acceptors (Lipinski definition) is 6. The van der Waals surface area contributed by atoms with E-state index in [1.165, 1.54) is 11.3 Å². The van der Waals surface area contributed by atoms with Gasteiger partial charge in [0, 0.05) is 18.2 Å². The molecule has 3 rings (SSSR count). The number of hydrogen-bond donors (Lipinski definition) is 1. The van der Waals surface area contributed by atoms with Crippen LogP contribution in [0, 0.1) is 10.9 Å². The molecule has 142 valence electrons. The van der Waals surface area contributed by atoms with E-state index in [1.54, 1.807) is 10.6 Å². The molecule has 0 saturated carbocycles. The van der Waals surface area contributed by atoms with Crippen molar-refractivity contribution < 1.29 is 19.4 Å². The Morgan fingerprint density at radius 2 is 2.19 bits per heavy atom. The molecule has 8 heteroatoms. The first kappa shape index (κ1) is 19.4. The SMILES string of the molecule is CCCOC(=O)CCCn1c(O)c(C2=c3cc(C)ccc3=NC2=O)sc1=S. The Balaban J connectivity index is 1.88. The van der Waals surface area contributed by atoms with E-state index < -0.39 is 0 Å². The summed E-state index contributed by atoms with van der Waals surface area (Å²) in [5.74, 6) is -0.695. The molecule has 1 aliphatic rings. The first-order valence-electron chi connectivity index (χ1n) is 8.75. The van der Waals surface area contributed by atoms with Crippen molar-refractivity contribution in [1.82, 2.24) is 4.57 Å². The van der Waals surface area contributed by atoms with Gasteiger partial charge in [0.15, 0.2) is 3.95 Å². The Morgan fingerprint density at radius 1 is 1.41 bits per heavy atom. The minimum Gasteiger partial charge on any atom is -0.493 e. The zero-order valence-corrected chi connectivity index (χ0v) is 16.8. The lowest BCUT2D eigenvalue weighted by Gasteiger charge is -2.06. The fraction of sp³-hybridized carbons (Fsp3) is 0.368. The van der Waals surface area contributed by atoms with Crippen LogP contribution in [0.5, 0.6) is 5.88 Å². The molecule has 1 aromatic heterocycles. The molecule has 2 heterocycles. The first-order valence-corrected chi connectivity index (χ1v) is 9.97. The number of aromatic nitrogens is 1. The molecule has 0 bridgehead atoms. The Bertz CT molecular complexity index is 1080. The van der Waals surface area contributed by atoms with E-state index in [2.05, 4.69) is 4.99 Å². The molecule has 0 atom stereocenters. The maximum absolute atomic E-state index is 12.4. The van der Waals surface area contributed by atoms with E-state index in [0.29, 0.717) is 44.6 Å². The lowest BCUT2D eigenvalue weighted by atomic mass is 10.1. The quantitative estimate of drug-likeness (QED) is 0.566. The van der Waals surface area contributed by atoms with Crippen molar-refractivity contribution in [3.63, 3.8) is 0 Å². The predicted octanol–water partition coefficient (Wildman–Crippen LogP) is 2.39. The number of carbonyl (C=O) groups is 2. The van der Waals surface area contributed by atoms with Crippen LogP contribution in [0.4, 0.5) is 0 Å². The van der Waals surface area contributed by atoms with Crippen LogP contribution in [0.3, 0.4) is 0 Å². The number of benzene rings is 1.